The van der Waals surface area contributed by atoms with E-state index in [9.17, 15) is 35.1 Å². The van der Waals surface area contributed by atoms with E-state index in [1.165, 1.54) is 116 Å². The molecule has 3 heterocycles. The highest BCUT2D eigenvalue weighted by molar-refractivity contribution is 14.1. The van der Waals surface area contributed by atoms with E-state index in [-0.39, 0.29) is 30.1 Å². The van der Waals surface area contributed by atoms with Gasteiger partial charge in [0.15, 0.2) is 22.7 Å². The maximum Gasteiger partial charge on any atom is 0.303 e. The maximum absolute atomic E-state index is 12.5. The number of hydrogen-bond acceptors (Lipinski definition) is 17. The summed E-state index contributed by atoms with van der Waals surface area (Å²) in [5.41, 5.74) is 19.1. The van der Waals surface area contributed by atoms with Gasteiger partial charge in [0.25, 0.3) is 0 Å². The van der Waals surface area contributed by atoms with Crippen molar-refractivity contribution in [2.75, 3.05) is 20.8 Å². The summed E-state index contributed by atoms with van der Waals surface area (Å²) in [4.78, 5) is 24.3. The van der Waals surface area contributed by atoms with Crippen molar-refractivity contribution in [1.29, 1.82) is 5.26 Å². The predicted octanol–water partition coefficient (Wildman–Crippen LogP) is 18.5. The molecule has 0 unspecified atom stereocenters. The van der Waals surface area contributed by atoms with Crippen LogP contribution < -0.4 is 0 Å². The first-order valence-corrected chi connectivity index (χ1v) is 52.1. The molecular weight excluding hydrogens is 1710 g/mol. The van der Waals surface area contributed by atoms with Crippen molar-refractivity contribution in [1.82, 2.24) is 0 Å². The maximum atomic E-state index is 12.5. The van der Waals surface area contributed by atoms with E-state index in [2.05, 4.69) is 203 Å². The fourth-order valence-electron chi connectivity index (χ4n) is 17.6. The van der Waals surface area contributed by atoms with E-state index in [0.29, 0.717) is 59.8 Å². The van der Waals surface area contributed by atoms with Gasteiger partial charge in [0.1, 0.15) is 36.6 Å². The van der Waals surface area contributed by atoms with Crippen molar-refractivity contribution in [3.63, 3.8) is 0 Å². The number of methoxy groups -OCH3 is 2. The van der Waals surface area contributed by atoms with Gasteiger partial charge in [0.05, 0.1) is 36.6 Å². The zero-order valence-corrected chi connectivity index (χ0v) is 79.0. The number of hydrogen-bond donors (Lipinski definition) is 5. The molecule has 5 N–H and O–H groups in total. The summed E-state index contributed by atoms with van der Waals surface area (Å²) in [6.45, 7) is 23.3. The van der Waals surface area contributed by atoms with Gasteiger partial charge >= 0.3 is 11.9 Å². The number of halogens is 1. The van der Waals surface area contributed by atoms with Crippen molar-refractivity contribution in [3.8, 4) is 43.1 Å². The number of nitriles is 1. The van der Waals surface area contributed by atoms with Crippen LogP contribution in [0.3, 0.4) is 0 Å². The van der Waals surface area contributed by atoms with Crippen LogP contribution in [0.1, 0.15) is 235 Å². The number of esters is 2. The number of aliphatic hydroxyl groups excluding tert-OH is 4. The molecule has 20 heteroatoms. The Morgan fingerprint density at radius 1 is 0.464 bits per heavy atom. The Morgan fingerprint density at radius 2 is 0.816 bits per heavy atom. The fraction of sp³-hybridized carbons (Fsp3) is 0.457. The highest BCUT2D eigenvalue weighted by Crippen LogP contribution is 2.50. The molecule has 15 rings (SSSR count). The average Bonchev–Trinajstić information content (AvgIpc) is 1.37. The molecule has 0 radical (unpaired) electrons. The number of terminal acetylenes is 3. The summed E-state index contributed by atoms with van der Waals surface area (Å²) >= 11 is 2.29. The first-order chi connectivity index (χ1) is 59.6. The van der Waals surface area contributed by atoms with Gasteiger partial charge in [0.2, 0.25) is 17.4 Å². The molecule has 15 atom stereocenters. The Morgan fingerprint density at radius 3 is 1.17 bits per heavy atom. The molecule has 0 aromatic heterocycles. The molecule has 0 bridgehead atoms. The molecular formula is C105H124INO16Si2. The summed E-state index contributed by atoms with van der Waals surface area (Å²) in [5.74, 6) is 5.22. The lowest BCUT2D eigenvalue weighted by Gasteiger charge is -2.53. The number of carbonyl (C=O) groups is 2. The molecule has 7 fully saturated rings. The number of carbonyl (C=O) groups excluding carboxylic acids is 2. The average molecular weight is 1840 g/mol. The topological polar surface area (TPSA) is 242 Å². The van der Waals surface area contributed by atoms with Gasteiger partial charge in [-0.25, -0.2) is 0 Å². The SMILES string of the molecule is C#Cc1ccc([C@]2(O)O[C@H](CC)[C@@H](C)[C@H](O[Si](C)(C)C)[C@H]2O[Si](C)(C)C)cc1Cc1ccc(C2CC2)cc1.C#Cc1ccc([C@]2(OC)O[C@H](CC)[C@@H](C)[C@H](OC(C)=O)[C@H]2OC(C)=O)cc1Cc1ccc(C2CC2)cc1.C#Cc1ccc([C@]2(OC)O[C@H](CO)[C@@H](O)[C@H](O)[C@H]2O)cc1Cc1ccc(C2CC2)cc1.N#Cc1ccc(I)cc1Cc1ccc(C2CC2)cc1. The first-order valence-electron chi connectivity index (χ1n) is 44.2. The van der Waals surface area contributed by atoms with Gasteiger partial charge in [-0.3, -0.25) is 9.59 Å². The molecule has 4 aliphatic carbocycles. The van der Waals surface area contributed by atoms with Gasteiger partial charge < -0.3 is 67.5 Å². The van der Waals surface area contributed by atoms with Gasteiger partial charge in [-0.2, -0.15) is 5.26 Å². The second-order valence-corrected chi connectivity index (χ2v) is 46.9. The van der Waals surface area contributed by atoms with E-state index in [1.807, 2.05) is 62.4 Å². The van der Waals surface area contributed by atoms with Crippen LogP contribution in [0.4, 0.5) is 0 Å². The standard InChI is InChI=1S/C32H46O4Si2.C31H36O6.C25H28O6.C17H14IN/c1-10-24-18-19-28(21-27(24)20-23-12-14-25(15-13-23)26-16-17-26)32(33)31(36-38(7,8)9)30(35-37(4,5)6)22(3)29(11-2)34-32;1-7-23-15-16-27(18-26(23)17-22-9-11-24(12-10-22)25-13-14-25)31(34-6)30(36-21(5)33)29(35-20(4)32)19(3)28(8-2)37-31;1-3-16-10-11-20(25(30-2)24(29)23(28)22(27)21(14-26)31-25)13-19(16)12-15-4-6-17(7-5-15)18-8-9-18;18-17-8-7-15(11-19)16(10-17)9-12-1-3-13(4-2-12)14-5-6-14/h1,12-15,18-19,21-22,26,29-31,33H,11,16-17,20H2,2-9H3;1,9-12,15-16,18-19,25,28-30H,8,13-14,17H2,2-6H3;1,4-7,10-11,13,18,21-24,26-29H,8-9,12,14H2,2H3;1-4,7-8,10,14H,5-6,9H2/t22-,29-,30+,31-,32+;19-,28-,29+,30-,31+;21-,22-,23+,24-,25+;/m111./s1. The molecule has 8 aromatic rings. The van der Waals surface area contributed by atoms with Crippen LogP contribution in [-0.2, 0) is 94.6 Å². The summed E-state index contributed by atoms with van der Waals surface area (Å²) in [7, 11) is -1.19. The van der Waals surface area contributed by atoms with Crippen LogP contribution >= 0.6 is 22.6 Å². The number of aliphatic hydroxyl groups is 5. The Kier molecular flexibility index (Phi) is 31.6. The Bertz CT molecular complexity index is 5220. The lowest BCUT2D eigenvalue weighted by Crippen LogP contribution is -2.64. The minimum absolute atomic E-state index is 0.0859. The van der Waals surface area contributed by atoms with Crippen LogP contribution in [0.15, 0.2) is 170 Å². The van der Waals surface area contributed by atoms with Crippen LogP contribution in [0, 0.1) is 63.8 Å². The van der Waals surface area contributed by atoms with Crippen molar-refractivity contribution < 1.29 is 77.1 Å². The lowest BCUT2D eigenvalue weighted by molar-refractivity contribution is -0.366. The zero-order valence-electron chi connectivity index (χ0n) is 74.8. The minimum Gasteiger partial charge on any atom is -0.458 e. The van der Waals surface area contributed by atoms with Crippen LogP contribution in [-0.4, -0.2) is 136 Å². The normalized spacial score (nSPS) is 26.4. The van der Waals surface area contributed by atoms with Crippen molar-refractivity contribution >= 4 is 51.2 Å². The van der Waals surface area contributed by atoms with E-state index >= 15 is 0 Å². The van der Waals surface area contributed by atoms with Gasteiger partial charge in [0, 0.05) is 76.9 Å². The van der Waals surface area contributed by atoms with Gasteiger partial charge in [-0.15, -0.1) is 19.3 Å². The first kappa shape index (κ1) is 95.7. The monoisotopic (exact) mass is 1840 g/mol. The molecule has 4 saturated carbocycles. The quantitative estimate of drug-likeness (QED) is 0.0146. The van der Waals surface area contributed by atoms with Crippen LogP contribution in [0.5, 0.6) is 0 Å². The third-order valence-electron chi connectivity index (χ3n) is 25.0. The molecule has 3 saturated heterocycles. The fourth-order valence-corrected chi connectivity index (χ4v) is 20.4. The third kappa shape index (κ3) is 23.4. The zero-order chi connectivity index (χ0) is 90.0. The smallest absolute Gasteiger partial charge is 0.303 e. The summed E-state index contributed by atoms with van der Waals surface area (Å²) in [5, 5.41) is 62.4. The van der Waals surface area contributed by atoms with Crippen LogP contribution in [0.25, 0.3) is 0 Å². The minimum atomic E-state index is -2.08. The van der Waals surface area contributed by atoms with Crippen molar-refractivity contribution in [2.45, 2.75) is 273 Å². The van der Waals surface area contributed by atoms with Gasteiger partial charge in [-0.1, -0.05) is 161 Å². The number of ether oxygens (including phenoxy) is 7. The molecule has 7 aliphatic rings. The highest BCUT2D eigenvalue weighted by atomic mass is 127. The largest absolute Gasteiger partial charge is 0.458 e. The van der Waals surface area contributed by atoms with E-state index in [1.54, 1.807) is 18.2 Å². The van der Waals surface area contributed by atoms with Gasteiger partial charge in [-0.05, 0) is 297 Å². The van der Waals surface area contributed by atoms with E-state index in [4.69, 9.17) is 66.5 Å². The van der Waals surface area contributed by atoms with Crippen LogP contribution in [0.2, 0.25) is 39.3 Å². The van der Waals surface area contributed by atoms with Crippen molar-refractivity contribution in [2.24, 2.45) is 11.8 Å². The van der Waals surface area contributed by atoms with E-state index < -0.39 is 95.3 Å². The molecule has 0 spiro atoms. The summed E-state index contributed by atoms with van der Waals surface area (Å²) < 4.78 is 56.8. The molecule has 125 heavy (non-hydrogen) atoms. The molecule has 3 aliphatic heterocycles. The lowest BCUT2D eigenvalue weighted by atomic mass is 9.81. The summed E-state index contributed by atoms with van der Waals surface area (Å²) in [6, 6.07) is 60.0. The number of nitrogens with zero attached hydrogens (tertiary/aromatic N) is 1. The van der Waals surface area contributed by atoms with Crippen molar-refractivity contribution in [3.05, 3.63) is 279 Å². The molecule has 660 valence electrons. The third-order valence-corrected chi connectivity index (χ3v) is 27.6. The molecule has 0 amide bonds. The second-order valence-electron chi connectivity index (χ2n) is 36.7. The second kappa shape index (κ2) is 41.3. The number of rotatable bonds is 26. The summed E-state index contributed by atoms with van der Waals surface area (Å²) in [6.07, 6.45) is 23.1. The highest BCUT2D eigenvalue weighted by Gasteiger charge is 2.60. The molecule has 17 nitrogen and oxygen atoms in total. The Labute approximate surface area is 756 Å². The molecule has 8 aromatic carbocycles. The predicted molar refractivity (Wildman–Crippen MR) is 499 cm³/mol. The Balaban J connectivity index is 0.000000155. The number of benzene rings is 8. The Hall–Kier alpha value is -8.45. The van der Waals surface area contributed by atoms with E-state index in [0.717, 1.165) is 74.7 Å².